The number of benzene rings is 1. The summed E-state index contributed by atoms with van der Waals surface area (Å²) in [7, 11) is 0. The first-order valence-electron chi connectivity index (χ1n) is 6.79. The van der Waals surface area contributed by atoms with Crippen LogP contribution < -0.4 is 5.73 Å². The van der Waals surface area contributed by atoms with E-state index in [1.54, 1.807) is 0 Å². The average molecular weight is 265 g/mol. The van der Waals surface area contributed by atoms with Gasteiger partial charge in [0.2, 0.25) is 5.95 Å². The Morgan fingerprint density at radius 3 is 2.47 bits per heavy atom. The molecule has 1 aliphatic rings. The second-order valence-electron chi connectivity index (χ2n) is 5.24. The molecule has 2 N–H and O–H groups in total. The molecule has 5 heteroatoms. The lowest BCUT2D eigenvalue weighted by molar-refractivity contribution is 0.458. The summed E-state index contributed by atoms with van der Waals surface area (Å²) in [6, 6.07) is 2.38. The van der Waals surface area contributed by atoms with Crippen molar-refractivity contribution < 1.29 is 8.78 Å². The third kappa shape index (κ3) is 2.17. The van der Waals surface area contributed by atoms with E-state index < -0.39 is 11.6 Å². The van der Waals surface area contributed by atoms with Gasteiger partial charge in [-0.3, -0.25) is 0 Å². The minimum absolute atomic E-state index is 0.170. The van der Waals surface area contributed by atoms with Crippen molar-refractivity contribution in [3.8, 4) is 0 Å². The Kier molecular flexibility index (Phi) is 3.12. The van der Waals surface area contributed by atoms with E-state index in [1.165, 1.54) is 18.9 Å². The van der Waals surface area contributed by atoms with Gasteiger partial charge in [-0.25, -0.2) is 13.8 Å². The number of aromatic nitrogens is 2. The van der Waals surface area contributed by atoms with E-state index >= 15 is 0 Å². The normalized spacial score (nSPS) is 17.8. The van der Waals surface area contributed by atoms with Gasteiger partial charge in [0.05, 0.1) is 5.52 Å². The molecule has 1 fully saturated rings. The molecule has 19 heavy (non-hydrogen) atoms. The van der Waals surface area contributed by atoms with Crippen LogP contribution in [0.1, 0.15) is 44.6 Å². The first kappa shape index (κ1) is 12.4. The van der Waals surface area contributed by atoms with E-state index in [1.807, 2.05) is 4.57 Å². The largest absolute Gasteiger partial charge is 0.369 e. The predicted molar refractivity (Wildman–Crippen MR) is 70.8 cm³/mol. The van der Waals surface area contributed by atoms with Gasteiger partial charge in [-0.15, -0.1) is 0 Å². The summed E-state index contributed by atoms with van der Waals surface area (Å²) in [6.45, 7) is 0. The van der Waals surface area contributed by atoms with Crippen molar-refractivity contribution in [1.29, 1.82) is 0 Å². The zero-order valence-corrected chi connectivity index (χ0v) is 10.7. The second-order valence-corrected chi connectivity index (χ2v) is 5.24. The summed E-state index contributed by atoms with van der Waals surface area (Å²) >= 11 is 0. The summed E-state index contributed by atoms with van der Waals surface area (Å²) in [5, 5.41) is 0. The SMILES string of the molecule is Nc1nc2c(F)cc(F)cc2n1C1CCCCCC1. The molecule has 0 radical (unpaired) electrons. The molecule has 102 valence electrons. The maximum Gasteiger partial charge on any atom is 0.201 e. The molecule has 1 aromatic carbocycles. The highest BCUT2D eigenvalue weighted by Gasteiger charge is 2.21. The van der Waals surface area contributed by atoms with Crippen molar-refractivity contribution >= 4 is 17.0 Å². The molecule has 2 aromatic rings. The summed E-state index contributed by atoms with van der Waals surface area (Å²) in [6.07, 6.45) is 6.67. The number of halogens is 2. The quantitative estimate of drug-likeness (QED) is 0.797. The van der Waals surface area contributed by atoms with Gasteiger partial charge in [0.15, 0.2) is 5.82 Å². The molecule has 0 atom stereocenters. The smallest absolute Gasteiger partial charge is 0.201 e. The number of nitrogen functional groups attached to an aromatic ring is 1. The van der Waals surface area contributed by atoms with Crippen LogP contribution in [0.4, 0.5) is 14.7 Å². The van der Waals surface area contributed by atoms with Gasteiger partial charge in [-0.1, -0.05) is 25.7 Å². The number of hydrogen-bond acceptors (Lipinski definition) is 2. The molecule has 3 nitrogen and oxygen atoms in total. The van der Waals surface area contributed by atoms with Crippen LogP contribution in [0.15, 0.2) is 12.1 Å². The Morgan fingerprint density at radius 1 is 1.11 bits per heavy atom. The fourth-order valence-corrected chi connectivity index (χ4v) is 3.04. The van der Waals surface area contributed by atoms with E-state index in [-0.39, 0.29) is 17.5 Å². The Bertz CT molecular complexity index is 598. The van der Waals surface area contributed by atoms with Crippen molar-refractivity contribution in [1.82, 2.24) is 9.55 Å². The molecule has 0 bridgehead atoms. The summed E-state index contributed by atoms with van der Waals surface area (Å²) in [5.41, 5.74) is 6.56. The molecular weight excluding hydrogens is 248 g/mol. The third-order valence-corrected chi connectivity index (χ3v) is 3.93. The number of nitrogens with zero attached hydrogens (tertiary/aromatic N) is 2. The Balaban J connectivity index is 2.13. The number of hydrogen-bond donors (Lipinski definition) is 1. The Morgan fingerprint density at radius 2 is 1.79 bits per heavy atom. The molecular formula is C14H17F2N3. The summed E-state index contributed by atoms with van der Waals surface area (Å²) in [4.78, 5) is 4.06. The van der Waals surface area contributed by atoms with Crippen molar-refractivity contribution in [3.05, 3.63) is 23.8 Å². The first-order chi connectivity index (χ1) is 9.16. The van der Waals surface area contributed by atoms with E-state index in [0.717, 1.165) is 31.7 Å². The van der Waals surface area contributed by atoms with Crippen LogP contribution in [0.3, 0.4) is 0 Å². The number of rotatable bonds is 1. The van der Waals surface area contributed by atoms with Gasteiger partial charge in [0, 0.05) is 18.2 Å². The maximum absolute atomic E-state index is 13.7. The molecule has 0 spiro atoms. The predicted octanol–water partition coefficient (Wildman–Crippen LogP) is 3.79. The lowest BCUT2D eigenvalue weighted by Gasteiger charge is -2.18. The van der Waals surface area contributed by atoms with E-state index in [2.05, 4.69) is 4.98 Å². The van der Waals surface area contributed by atoms with Crippen LogP contribution in [0.25, 0.3) is 11.0 Å². The molecule has 0 saturated heterocycles. The zero-order chi connectivity index (χ0) is 13.4. The molecule has 1 aliphatic carbocycles. The lowest BCUT2D eigenvalue weighted by Crippen LogP contribution is -2.11. The molecule has 1 saturated carbocycles. The first-order valence-corrected chi connectivity index (χ1v) is 6.79. The summed E-state index contributed by atoms with van der Waals surface area (Å²) < 4.78 is 28.9. The van der Waals surface area contributed by atoms with Gasteiger partial charge in [0.25, 0.3) is 0 Å². The van der Waals surface area contributed by atoms with Crippen LogP contribution in [0.5, 0.6) is 0 Å². The van der Waals surface area contributed by atoms with Crippen molar-refractivity contribution in [2.24, 2.45) is 0 Å². The van der Waals surface area contributed by atoms with Crippen molar-refractivity contribution in [2.45, 2.75) is 44.6 Å². The van der Waals surface area contributed by atoms with E-state index in [9.17, 15) is 8.78 Å². The highest BCUT2D eigenvalue weighted by Crippen LogP contribution is 2.33. The monoisotopic (exact) mass is 265 g/mol. The highest BCUT2D eigenvalue weighted by molar-refractivity contribution is 5.79. The Labute approximate surface area is 110 Å². The minimum atomic E-state index is -0.644. The number of anilines is 1. The zero-order valence-electron chi connectivity index (χ0n) is 10.7. The minimum Gasteiger partial charge on any atom is -0.369 e. The van der Waals surface area contributed by atoms with Crippen LogP contribution in [0.2, 0.25) is 0 Å². The van der Waals surface area contributed by atoms with Crippen LogP contribution in [-0.4, -0.2) is 9.55 Å². The topological polar surface area (TPSA) is 43.8 Å². The molecule has 1 heterocycles. The van der Waals surface area contributed by atoms with Crippen LogP contribution in [0, 0.1) is 11.6 Å². The molecule has 0 unspecified atom stereocenters. The van der Waals surface area contributed by atoms with Crippen molar-refractivity contribution in [2.75, 3.05) is 5.73 Å². The molecule has 0 aliphatic heterocycles. The number of fused-ring (bicyclic) bond motifs is 1. The molecule has 3 rings (SSSR count). The van der Waals surface area contributed by atoms with Crippen LogP contribution >= 0.6 is 0 Å². The number of imidazole rings is 1. The fourth-order valence-electron chi connectivity index (χ4n) is 3.04. The molecule has 1 aromatic heterocycles. The van der Waals surface area contributed by atoms with Gasteiger partial charge in [0.1, 0.15) is 11.3 Å². The standard InChI is InChI=1S/C14H17F2N3/c15-9-7-11(16)13-12(8-9)19(14(17)18-13)10-5-3-1-2-4-6-10/h7-8,10H,1-6H2,(H2,17,18). The van der Waals surface area contributed by atoms with Gasteiger partial charge >= 0.3 is 0 Å². The number of nitrogens with two attached hydrogens (primary N) is 1. The second kappa shape index (κ2) is 4.79. The van der Waals surface area contributed by atoms with Gasteiger partial charge < -0.3 is 10.3 Å². The molecule has 0 amide bonds. The van der Waals surface area contributed by atoms with Crippen LogP contribution in [-0.2, 0) is 0 Å². The van der Waals surface area contributed by atoms with E-state index in [4.69, 9.17) is 5.73 Å². The van der Waals surface area contributed by atoms with Gasteiger partial charge in [-0.05, 0) is 12.8 Å². The highest BCUT2D eigenvalue weighted by atomic mass is 19.1. The maximum atomic E-state index is 13.7. The van der Waals surface area contributed by atoms with Gasteiger partial charge in [-0.2, -0.15) is 0 Å². The summed E-state index contributed by atoms with van der Waals surface area (Å²) in [5.74, 6) is -0.944. The average Bonchev–Trinajstić information content (AvgIpc) is 2.55. The van der Waals surface area contributed by atoms with Crippen molar-refractivity contribution in [3.63, 3.8) is 0 Å². The lowest BCUT2D eigenvalue weighted by atomic mass is 10.1. The fraction of sp³-hybridized carbons (Fsp3) is 0.500. The Hall–Kier alpha value is -1.65. The third-order valence-electron chi connectivity index (χ3n) is 3.93. The van der Waals surface area contributed by atoms with E-state index in [0.29, 0.717) is 5.52 Å².